The number of nitriles is 1. The fraction of sp³-hybridized carbons (Fsp3) is 0. The maximum atomic E-state index is 8.67. The monoisotopic (exact) mass is 259 g/mol. The molecule has 0 amide bonds. The van der Waals surface area contributed by atoms with E-state index in [-0.39, 0.29) is 5.82 Å². The van der Waals surface area contributed by atoms with Crippen molar-refractivity contribution in [2.24, 2.45) is 0 Å². The van der Waals surface area contributed by atoms with E-state index in [1.165, 1.54) is 0 Å². The molecule has 15 heavy (non-hydrogen) atoms. The third kappa shape index (κ3) is 2.20. The highest BCUT2D eigenvalue weighted by molar-refractivity contribution is 9.10. The van der Waals surface area contributed by atoms with E-state index in [0.29, 0.717) is 0 Å². The van der Waals surface area contributed by atoms with Gasteiger partial charge in [-0.2, -0.15) is 5.26 Å². The Morgan fingerprint density at radius 1 is 1.13 bits per heavy atom. The predicted octanol–water partition coefficient (Wildman–Crippen LogP) is 2.78. The van der Waals surface area contributed by atoms with Crippen molar-refractivity contribution in [3.63, 3.8) is 0 Å². The van der Waals surface area contributed by atoms with Crippen molar-refractivity contribution >= 4 is 15.9 Å². The molecule has 3 nitrogen and oxygen atoms in total. The zero-order chi connectivity index (χ0) is 10.7. The molecule has 0 bridgehead atoms. The van der Waals surface area contributed by atoms with Crippen molar-refractivity contribution in [1.29, 1.82) is 5.26 Å². The molecule has 72 valence electrons. The van der Waals surface area contributed by atoms with Gasteiger partial charge in [0.1, 0.15) is 6.07 Å². The van der Waals surface area contributed by atoms with Gasteiger partial charge in [0.05, 0.1) is 5.69 Å². The lowest BCUT2D eigenvalue weighted by Gasteiger charge is -2.00. The van der Waals surface area contributed by atoms with E-state index < -0.39 is 0 Å². The Labute approximate surface area is 95.6 Å². The third-order valence-corrected chi connectivity index (χ3v) is 2.42. The van der Waals surface area contributed by atoms with Gasteiger partial charge < -0.3 is 0 Å². The van der Waals surface area contributed by atoms with Crippen LogP contribution in [0.1, 0.15) is 5.82 Å². The molecule has 2 rings (SSSR count). The van der Waals surface area contributed by atoms with E-state index in [1.807, 2.05) is 30.3 Å². The van der Waals surface area contributed by atoms with Crippen LogP contribution in [0.2, 0.25) is 0 Å². The van der Waals surface area contributed by atoms with Crippen LogP contribution in [-0.4, -0.2) is 9.97 Å². The van der Waals surface area contributed by atoms with Gasteiger partial charge in [-0.05, 0) is 18.2 Å². The lowest BCUT2D eigenvalue weighted by molar-refractivity contribution is 1.12. The summed E-state index contributed by atoms with van der Waals surface area (Å²) in [5.74, 6) is 0.190. The second-order valence-electron chi connectivity index (χ2n) is 2.88. The highest BCUT2D eigenvalue weighted by atomic mass is 79.9. The number of aromatic nitrogens is 2. The van der Waals surface area contributed by atoms with Crippen LogP contribution in [0.25, 0.3) is 11.3 Å². The van der Waals surface area contributed by atoms with Gasteiger partial charge in [-0.3, -0.25) is 0 Å². The Kier molecular flexibility index (Phi) is 2.75. The van der Waals surface area contributed by atoms with Crippen LogP contribution in [0, 0.1) is 11.3 Å². The summed E-state index contributed by atoms with van der Waals surface area (Å²) in [6.45, 7) is 0. The molecule has 1 aromatic heterocycles. The third-order valence-electron chi connectivity index (χ3n) is 1.90. The summed E-state index contributed by atoms with van der Waals surface area (Å²) >= 11 is 3.36. The molecule has 0 aliphatic carbocycles. The molecule has 1 heterocycles. The second kappa shape index (κ2) is 4.20. The molecule has 0 spiro atoms. The summed E-state index contributed by atoms with van der Waals surface area (Å²) in [7, 11) is 0. The Morgan fingerprint density at radius 2 is 1.87 bits per heavy atom. The summed E-state index contributed by atoms with van der Waals surface area (Å²) in [4.78, 5) is 7.92. The first-order valence-corrected chi connectivity index (χ1v) is 5.08. The molecule has 0 unspecified atom stereocenters. The van der Waals surface area contributed by atoms with Crippen LogP contribution in [0.15, 0.2) is 41.0 Å². The van der Waals surface area contributed by atoms with Crippen molar-refractivity contribution in [3.05, 3.63) is 46.8 Å². The average Bonchev–Trinajstić information content (AvgIpc) is 2.30. The zero-order valence-electron chi connectivity index (χ0n) is 7.68. The number of hydrogen-bond donors (Lipinski definition) is 0. The molecule has 1 aromatic carbocycles. The molecule has 2 aromatic rings. The van der Waals surface area contributed by atoms with Crippen LogP contribution in [0.5, 0.6) is 0 Å². The lowest BCUT2D eigenvalue weighted by atomic mass is 10.1. The van der Waals surface area contributed by atoms with Crippen molar-refractivity contribution in [3.8, 4) is 17.3 Å². The van der Waals surface area contributed by atoms with Crippen LogP contribution in [-0.2, 0) is 0 Å². The van der Waals surface area contributed by atoms with Crippen molar-refractivity contribution in [1.82, 2.24) is 9.97 Å². The maximum Gasteiger partial charge on any atom is 0.232 e. The molecular weight excluding hydrogens is 254 g/mol. The highest BCUT2D eigenvalue weighted by Gasteiger charge is 2.00. The smallest absolute Gasteiger partial charge is 0.227 e. The van der Waals surface area contributed by atoms with E-state index in [0.717, 1.165) is 15.7 Å². The van der Waals surface area contributed by atoms with E-state index in [4.69, 9.17) is 5.26 Å². The van der Waals surface area contributed by atoms with Crippen LogP contribution >= 0.6 is 15.9 Å². The van der Waals surface area contributed by atoms with E-state index in [9.17, 15) is 0 Å². The Bertz CT molecular complexity index is 514. The van der Waals surface area contributed by atoms with Crippen molar-refractivity contribution in [2.45, 2.75) is 0 Å². The van der Waals surface area contributed by atoms with Gasteiger partial charge >= 0.3 is 0 Å². The average molecular weight is 260 g/mol. The molecule has 0 aliphatic rings. The summed E-state index contributed by atoms with van der Waals surface area (Å²) in [5, 5.41) is 8.67. The molecule has 4 heteroatoms. The molecule has 0 saturated carbocycles. The fourth-order valence-electron chi connectivity index (χ4n) is 1.19. The quantitative estimate of drug-likeness (QED) is 0.792. The van der Waals surface area contributed by atoms with E-state index in [2.05, 4.69) is 25.9 Å². The van der Waals surface area contributed by atoms with Crippen LogP contribution in [0.3, 0.4) is 0 Å². The number of benzene rings is 1. The molecule has 0 atom stereocenters. The van der Waals surface area contributed by atoms with Gasteiger partial charge in [0.25, 0.3) is 0 Å². The molecule has 0 fully saturated rings. The second-order valence-corrected chi connectivity index (χ2v) is 3.80. The molecule has 0 N–H and O–H groups in total. The fourth-order valence-corrected chi connectivity index (χ4v) is 1.46. The summed E-state index contributed by atoms with van der Waals surface area (Å²) in [6, 6.07) is 11.4. The minimum atomic E-state index is 0.190. The number of nitrogens with zero attached hydrogens (tertiary/aromatic N) is 3. The van der Waals surface area contributed by atoms with Gasteiger partial charge in [0, 0.05) is 16.2 Å². The van der Waals surface area contributed by atoms with Crippen LogP contribution < -0.4 is 0 Å². The van der Waals surface area contributed by atoms with Crippen molar-refractivity contribution in [2.75, 3.05) is 0 Å². The number of rotatable bonds is 1. The van der Waals surface area contributed by atoms with Gasteiger partial charge in [0.2, 0.25) is 5.82 Å². The highest BCUT2D eigenvalue weighted by Crippen LogP contribution is 2.19. The Morgan fingerprint density at radius 3 is 2.53 bits per heavy atom. The summed E-state index contributed by atoms with van der Waals surface area (Å²) in [5.41, 5.74) is 1.73. The van der Waals surface area contributed by atoms with Crippen LogP contribution in [0.4, 0.5) is 0 Å². The minimum Gasteiger partial charge on any atom is -0.227 e. The Balaban J connectivity index is 2.46. The predicted molar refractivity (Wildman–Crippen MR) is 59.9 cm³/mol. The summed E-state index contributed by atoms with van der Waals surface area (Å²) < 4.78 is 1.01. The first-order valence-electron chi connectivity index (χ1n) is 4.28. The van der Waals surface area contributed by atoms with Gasteiger partial charge in [-0.1, -0.05) is 28.1 Å². The largest absolute Gasteiger partial charge is 0.232 e. The van der Waals surface area contributed by atoms with Crippen molar-refractivity contribution < 1.29 is 0 Å². The van der Waals surface area contributed by atoms with Gasteiger partial charge in [0.15, 0.2) is 0 Å². The van der Waals surface area contributed by atoms with E-state index >= 15 is 0 Å². The SMILES string of the molecule is N#Cc1nccc(-c2ccc(Br)cc2)n1. The molecule has 0 saturated heterocycles. The van der Waals surface area contributed by atoms with E-state index in [1.54, 1.807) is 12.3 Å². The zero-order valence-corrected chi connectivity index (χ0v) is 9.27. The van der Waals surface area contributed by atoms with Gasteiger partial charge in [-0.25, -0.2) is 9.97 Å². The minimum absolute atomic E-state index is 0.190. The first kappa shape index (κ1) is 9.81. The van der Waals surface area contributed by atoms with Gasteiger partial charge in [-0.15, -0.1) is 0 Å². The molecule has 0 radical (unpaired) electrons. The number of hydrogen-bond acceptors (Lipinski definition) is 3. The lowest BCUT2D eigenvalue weighted by Crippen LogP contribution is -1.90. The number of halogens is 1. The normalized spacial score (nSPS) is 9.60. The maximum absolute atomic E-state index is 8.67. The standard InChI is InChI=1S/C11H6BrN3/c12-9-3-1-8(2-4-9)10-5-6-14-11(7-13)15-10/h1-6H. The first-order chi connectivity index (χ1) is 7.29. The summed E-state index contributed by atoms with van der Waals surface area (Å²) in [6.07, 6.45) is 1.59. The topological polar surface area (TPSA) is 49.6 Å². The molecule has 0 aliphatic heterocycles. The Hall–Kier alpha value is -1.73. The molecular formula is C11H6BrN3.